The Kier molecular flexibility index (Phi) is 4.30. The van der Waals surface area contributed by atoms with E-state index in [1.165, 1.54) is 32.1 Å². The Morgan fingerprint density at radius 1 is 1.32 bits per heavy atom. The van der Waals surface area contributed by atoms with Gasteiger partial charge in [-0.2, -0.15) is 0 Å². The molecule has 0 amide bonds. The van der Waals surface area contributed by atoms with Crippen LogP contribution in [0.4, 0.5) is 5.82 Å². The van der Waals surface area contributed by atoms with E-state index in [0.29, 0.717) is 12.1 Å². The fraction of sp³-hybridized carbons (Fsp3) is 0.643. The average molecular weight is 345 g/mol. The van der Waals surface area contributed by atoms with Crippen molar-refractivity contribution in [1.29, 1.82) is 0 Å². The van der Waals surface area contributed by atoms with E-state index in [2.05, 4.69) is 31.1 Å². The lowest BCUT2D eigenvalue weighted by Gasteiger charge is -2.40. The first-order valence-corrected chi connectivity index (χ1v) is 8.24. The molecule has 19 heavy (non-hydrogen) atoms. The third-order valence-electron chi connectivity index (χ3n) is 4.17. The zero-order chi connectivity index (χ0) is 13.2. The predicted molar refractivity (Wildman–Crippen MR) is 83.0 cm³/mol. The molecule has 0 aliphatic carbocycles. The van der Waals surface area contributed by atoms with Crippen LogP contribution >= 0.6 is 27.5 Å². The Balaban J connectivity index is 1.86. The highest BCUT2D eigenvalue weighted by molar-refractivity contribution is 9.10. The lowest BCUT2D eigenvalue weighted by atomic mass is 9.94. The van der Waals surface area contributed by atoms with Crippen molar-refractivity contribution in [3.8, 4) is 0 Å². The van der Waals surface area contributed by atoms with E-state index in [-0.39, 0.29) is 0 Å². The van der Waals surface area contributed by atoms with Crippen LogP contribution in [0.15, 0.2) is 16.7 Å². The lowest BCUT2D eigenvalue weighted by Crippen LogP contribution is -2.50. The standard InChI is InChI=1S/C14H19BrClN3/c15-10-8-11(16)14(18-9-10)19-7-2-1-5-13(19)12-4-3-6-17-12/h8-9,12-13,17H,1-7H2. The minimum Gasteiger partial charge on any atom is -0.351 e. The average Bonchev–Trinajstić information content (AvgIpc) is 2.93. The number of anilines is 1. The number of piperidine rings is 1. The van der Waals surface area contributed by atoms with Gasteiger partial charge in [0.05, 0.1) is 5.02 Å². The number of hydrogen-bond acceptors (Lipinski definition) is 3. The van der Waals surface area contributed by atoms with Gasteiger partial charge >= 0.3 is 0 Å². The fourth-order valence-electron chi connectivity index (χ4n) is 3.30. The molecule has 0 radical (unpaired) electrons. The molecular weight excluding hydrogens is 326 g/mol. The minimum atomic E-state index is 0.544. The van der Waals surface area contributed by atoms with E-state index in [1.807, 2.05) is 12.3 Å². The highest BCUT2D eigenvalue weighted by Crippen LogP contribution is 2.33. The van der Waals surface area contributed by atoms with Gasteiger partial charge in [0.1, 0.15) is 5.82 Å². The maximum Gasteiger partial charge on any atom is 0.147 e. The lowest BCUT2D eigenvalue weighted by molar-refractivity contribution is 0.376. The van der Waals surface area contributed by atoms with E-state index in [0.717, 1.165) is 28.4 Å². The Labute approximate surface area is 127 Å². The van der Waals surface area contributed by atoms with Gasteiger partial charge in [-0.25, -0.2) is 4.98 Å². The molecule has 0 spiro atoms. The van der Waals surface area contributed by atoms with E-state index < -0.39 is 0 Å². The summed E-state index contributed by atoms with van der Waals surface area (Å²) in [5.74, 6) is 0.947. The third-order valence-corrected chi connectivity index (χ3v) is 4.88. The minimum absolute atomic E-state index is 0.544. The number of pyridine rings is 1. The molecule has 2 fully saturated rings. The van der Waals surface area contributed by atoms with Crippen molar-refractivity contribution >= 4 is 33.3 Å². The summed E-state index contributed by atoms with van der Waals surface area (Å²) in [5.41, 5.74) is 0. The summed E-state index contributed by atoms with van der Waals surface area (Å²) in [6.07, 6.45) is 8.19. The number of halogens is 2. The molecule has 5 heteroatoms. The van der Waals surface area contributed by atoms with E-state index in [9.17, 15) is 0 Å². The van der Waals surface area contributed by atoms with Crippen LogP contribution in [0.5, 0.6) is 0 Å². The summed E-state index contributed by atoms with van der Waals surface area (Å²) in [7, 11) is 0. The number of rotatable bonds is 2. The molecule has 3 rings (SSSR count). The van der Waals surface area contributed by atoms with Crippen LogP contribution in [0.2, 0.25) is 5.02 Å². The van der Waals surface area contributed by atoms with Crippen molar-refractivity contribution in [3.05, 3.63) is 21.8 Å². The third kappa shape index (κ3) is 2.91. The molecule has 1 aromatic rings. The summed E-state index contributed by atoms with van der Waals surface area (Å²) in [4.78, 5) is 6.96. The summed E-state index contributed by atoms with van der Waals surface area (Å²) in [5, 5.41) is 4.38. The van der Waals surface area contributed by atoms with Gasteiger partial charge in [0, 0.05) is 29.3 Å². The quantitative estimate of drug-likeness (QED) is 0.888. The van der Waals surface area contributed by atoms with Gasteiger partial charge in [-0.05, 0) is 60.6 Å². The molecule has 3 nitrogen and oxygen atoms in total. The Morgan fingerprint density at radius 3 is 2.95 bits per heavy atom. The van der Waals surface area contributed by atoms with Gasteiger partial charge in [-0.1, -0.05) is 11.6 Å². The molecule has 2 saturated heterocycles. The van der Waals surface area contributed by atoms with Crippen LogP contribution in [0, 0.1) is 0 Å². The van der Waals surface area contributed by atoms with Gasteiger partial charge < -0.3 is 10.2 Å². The molecule has 2 aliphatic rings. The van der Waals surface area contributed by atoms with Gasteiger partial charge in [0.15, 0.2) is 0 Å². The van der Waals surface area contributed by atoms with Gasteiger partial charge in [0.2, 0.25) is 0 Å². The predicted octanol–water partition coefficient (Wildman–Crippen LogP) is 3.61. The van der Waals surface area contributed by atoms with Gasteiger partial charge in [0.25, 0.3) is 0 Å². The topological polar surface area (TPSA) is 28.2 Å². The van der Waals surface area contributed by atoms with Crippen LogP contribution < -0.4 is 10.2 Å². The molecule has 2 aliphatic heterocycles. The molecule has 0 aromatic carbocycles. The fourth-order valence-corrected chi connectivity index (χ4v) is 4.04. The second-order valence-electron chi connectivity index (χ2n) is 5.42. The number of nitrogens with zero attached hydrogens (tertiary/aromatic N) is 2. The molecule has 0 bridgehead atoms. The maximum atomic E-state index is 6.38. The smallest absolute Gasteiger partial charge is 0.147 e. The molecular formula is C14H19BrClN3. The molecule has 0 saturated carbocycles. The summed E-state index contributed by atoms with van der Waals surface area (Å²) in [6.45, 7) is 2.22. The monoisotopic (exact) mass is 343 g/mol. The van der Waals surface area contributed by atoms with Crippen LogP contribution in [0.25, 0.3) is 0 Å². The molecule has 104 valence electrons. The second kappa shape index (κ2) is 5.98. The molecule has 2 unspecified atom stereocenters. The van der Waals surface area contributed by atoms with Crippen molar-refractivity contribution in [2.75, 3.05) is 18.0 Å². The van der Waals surface area contributed by atoms with Crippen LogP contribution in [-0.2, 0) is 0 Å². The zero-order valence-corrected chi connectivity index (χ0v) is 13.3. The van der Waals surface area contributed by atoms with Crippen molar-refractivity contribution < 1.29 is 0 Å². The first-order chi connectivity index (χ1) is 9.25. The van der Waals surface area contributed by atoms with Crippen LogP contribution in [0.3, 0.4) is 0 Å². The van der Waals surface area contributed by atoms with Crippen molar-refractivity contribution in [2.45, 2.75) is 44.2 Å². The molecule has 1 aromatic heterocycles. The van der Waals surface area contributed by atoms with Crippen LogP contribution in [-0.4, -0.2) is 30.2 Å². The molecule has 2 atom stereocenters. The molecule has 3 heterocycles. The first-order valence-electron chi connectivity index (χ1n) is 7.07. The second-order valence-corrected chi connectivity index (χ2v) is 6.74. The number of aromatic nitrogens is 1. The van der Waals surface area contributed by atoms with Gasteiger partial charge in [-0.15, -0.1) is 0 Å². The summed E-state index contributed by atoms with van der Waals surface area (Å²) in [6, 6.07) is 3.08. The van der Waals surface area contributed by atoms with Gasteiger partial charge in [-0.3, -0.25) is 0 Å². The van der Waals surface area contributed by atoms with E-state index >= 15 is 0 Å². The van der Waals surface area contributed by atoms with Crippen LogP contribution in [0.1, 0.15) is 32.1 Å². The highest BCUT2D eigenvalue weighted by Gasteiger charge is 2.33. The van der Waals surface area contributed by atoms with E-state index in [1.54, 1.807) is 0 Å². The van der Waals surface area contributed by atoms with Crippen molar-refractivity contribution in [1.82, 2.24) is 10.3 Å². The molecule has 1 N–H and O–H groups in total. The maximum absolute atomic E-state index is 6.38. The SMILES string of the molecule is Clc1cc(Br)cnc1N1CCCCC1C1CCCN1. The highest BCUT2D eigenvalue weighted by atomic mass is 79.9. The number of hydrogen-bond donors (Lipinski definition) is 1. The first kappa shape index (κ1) is 13.7. The Morgan fingerprint density at radius 2 is 2.21 bits per heavy atom. The number of nitrogens with one attached hydrogen (secondary N) is 1. The Hall–Kier alpha value is -0.320. The zero-order valence-electron chi connectivity index (χ0n) is 10.9. The van der Waals surface area contributed by atoms with Crippen molar-refractivity contribution in [2.24, 2.45) is 0 Å². The largest absolute Gasteiger partial charge is 0.351 e. The summed E-state index contributed by atoms with van der Waals surface area (Å²) < 4.78 is 0.939. The van der Waals surface area contributed by atoms with Crippen molar-refractivity contribution in [3.63, 3.8) is 0 Å². The van der Waals surface area contributed by atoms with E-state index in [4.69, 9.17) is 11.6 Å². The summed E-state index contributed by atoms with van der Waals surface area (Å²) >= 11 is 9.80. The Bertz CT molecular complexity index is 448. The normalized spacial score (nSPS) is 27.8.